The van der Waals surface area contributed by atoms with E-state index < -0.39 is 0 Å². The Bertz CT molecular complexity index is 814. The maximum absolute atomic E-state index is 12.1. The first kappa shape index (κ1) is 13.7. The van der Waals surface area contributed by atoms with E-state index in [4.69, 9.17) is 0 Å². The van der Waals surface area contributed by atoms with Gasteiger partial charge in [-0.05, 0) is 25.9 Å². The lowest BCUT2D eigenvalue weighted by Gasteiger charge is -2.31. The molecule has 0 aromatic carbocycles. The largest absolute Gasteiger partial charge is 0.297 e. The Balaban J connectivity index is 1.47. The number of thiazole rings is 1. The second kappa shape index (κ2) is 5.66. The normalized spacial score (nSPS) is 17.3. The molecule has 0 bridgehead atoms. The van der Waals surface area contributed by atoms with Gasteiger partial charge in [-0.1, -0.05) is 0 Å². The summed E-state index contributed by atoms with van der Waals surface area (Å²) in [6.45, 7) is 2.97. The van der Waals surface area contributed by atoms with Crippen LogP contribution in [0.25, 0.3) is 5.65 Å². The molecule has 0 saturated carbocycles. The van der Waals surface area contributed by atoms with E-state index in [1.165, 1.54) is 4.52 Å². The van der Waals surface area contributed by atoms with Gasteiger partial charge in [0.1, 0.15) is 0 Å². The highest BCUT2D eigenvalue weighted by Gasteiger charge is 2.22. The molecule has 1 N–H and O–H groups in total. The number of hydrogen-bond acceptors (Lipinski definition) is 5. The van der Waals surface area contributed by atoms with Crippen molar-refractivity contribution in [1.82, 2.24) is 24.5 Å². The molecule has 3 aromatic rings. The third kappa shape index (κ3) is 2.57. The molecule has 0 atom stereocenters. The quantitative estimate of drug-likeness (QED) is 0.801. The number of H-pyrrole nitrogens is 1. The number of rotatable bonds is 3. The number of likely N-dealkylation sites (tertiary alicyclic amines) is 1. The molecule has 1 aliphatic rings. The van der Waals surface area contributed by atoms with Crippen LogP contribution in [0.4, 0.5) is 0 Å². The monoisotopic (exact) mass is 315 g/mol. The van der Waals surface area contributed by atoms with Crippen molar-refractivity contribution in [3.05, 3.63) is 51.0 Å². The predicted octanol–water partition coefficient (Wildman–Crippen LogP) is 1.86. The second-order valence-corrected chi connectivity index (χ2v) is 6.42. The van der Waals surface area contributed by atoms with Crippen molar-refractivity contribution in [2.24, 2.45) is 0 Å². The summed E-state index contributed by atoms with van der Waals surface area (Å²) in [6, 6.07) is 3.51. The van der Waals surface area contributed by atoms with Gasteiger partial charge in [-0.2, -0.15) is 0 Å². The molecule has 7 heteroatoms. The summed E-state index contributed by atoms with van der Waals surface area (Å²) >= 11 is 1.64. The summed E-state index contributed by atoms with van der Waals surface area (Å²) in [7, 11) is 0. The van der Waals surface area contributed by atoms with Crippen molar-refractivity contribution >= 4 is 17.0 Å². The number of fused-ring (bicyclic) bond motifs is 1. The highest BCUT2D eigenvalue weighted by molar-refractivity contribution is 7.07. The molecule has 0 aliphatic carbocycles. The smallest absolute Gasteiger partial charge is 0.272 e. The first-order valence-electron chi connectivity index (χ1n) is 7.46. The summed E-state index contributed by atoms with van der Waals surface area (Å²) < 4.78 is 1.47. The van der Waals surface area contributed by atoms with Crippen LogP contribution in [0.15, 0.2) is 34.0 Å². The third-order valence-corrected chi connectivity index (χ3v) is 4.91. The summed E-state index contributed by atoms with van der Waals surface area (Å²) in [5.74, 6) is 0.374. The van der Waals surface area contributed by atoms with Gasteiger partial charge in [0.05, 0.1) is 16.9 Å². The molecule has 4 heterocycles. The fraction of sp³-hybridized carbons (Fsp3) is 0.400. The topological polar surface area (TPSA) is 66.3 Å². The fourth-order valence-electron chi connectivity index (χ4n) is 3.09. The van der Waals surface area contributed by atoms with Crippen molar-refractivity contribution < 1.29 is 0 Å². The molecule has 0 amide bonds. The first-order chi connectivity index (χ1) is 10.8. The van der Waals surface area contributed by atoms with Gasteiger partial charge in [0.2, 0.25) is 0 Å². The lowest BCUT2D eigenvalue weighted by molar-refractivity contribution is 0.201. The van der Waals surface area contributed by atoms with Gasteiger partial charge in [0.15, 0.2) is 5.65 Å². The minimum absolute atomic E-state index is 0.0325. The van der Waals surface area contributed by atoms with Gasteiger partial charge >= 0.3 is 0 Å². The molecule has 1 saturated heterocycles. The molecule has 3 aromatic heterocycles. The fourth-order valence-corrected chi connectivity index (χ4v) is 3.64. The van der Waals surface area contributed by atoms with Gasteiger partial charge < -0.3 is 0 Å². The Labute approximate surface area is 131 Å². The highest BCUT2D eigenvalue weighted by Crippen LogP contribution is 2.27. The zero-order chi connectivity index (χ0) is 14.9. The molecule has 6 nitrogen and oxygen atoms in total. The van der Waals surface area contributed by atoms with Crippen LogP contribution < -0.4 is 5.56 Å². The molecule has 1 aliphatic heterocycles. The van der Waals surface area contributed by atoms with Crippen molar-refractivity contribution in [2.45, 2.75) is 25.3 Å². The van der Waals surface area contributed by atoms with Gasteiger partial charge in [-0.25, -0.2) is 14.5 Å². The summed E-state index contributed by atoms with van der Waals surface area (Å²) in [6.07, 6.45) is 3.82. The minimum Gasteiger partial charge on any atom is -0.297 e. The Kier molecular flexibility index (Phi) is 3.51. The number of piperidine rings is 1. The van der Waals surface area contributed by atoms with Gasteiger partial charge in [0, 0.05) is 36.2 Å². The zero-order valence-corrected chi connectivity index (χ0v) is 12.9. The van der Waals surface area contributed by atoms with Crippen LogP contribution in [0.2, 0.25) is 0 Å². The van der Waals surface area contributed by atoms with Crippen molar-refractivity contribution in [1.29, 1.82) is 0 Å². The van der Waals surface area contributed by atoms with Crippen molar-refractivity contribution in [3.8, 4) is 0 Å². The van der Waals surface area contributed by atoms with E-state index in [1.807, 2.05) is 11.6 Å². The molecular formula is C15H17N5OS. The Morgan fingerprint density at radius 3 is 3.00 bits per heavy atom. The van der Waals surface area contributed by atoms with Crippen LogP contribution in [0.3, 0.4) is 0 Å². The van der Waals surface area contributed by atoms with Crippen LogP contribution in [-0.2, 0) is 6.54 Å². The van der Waals surface area contributed by atoms with E-state index in [-0.39, 0.29) is 5.56 Å². The molecule has 4 rings (SSSR count). The highest BCUT2D eigenvalue weighted by atomic mass is 32.1. The minimum atomic E-state index is -0.0325. The number of hydrogen-bond donors (Lipinski definition) is 1. The van der Waals surface area contributed by atoms with Crippen LogP contribution in [0.1, 0.15) is 30.1 Å². The van der Waals surface area contributed by atoms with Gasteiger partial charge in [-0.3, -0.25) is 14.8 Å². The first-order valence-corrected chi connectivity index (χ1v) is 8.40. The molecule has 0 spiro atoms. The molecule has 1 fully saturated rings. The van der Waals surface area contributed by atoms with E-state index in [2.05, 4.69) is 25.3 Å². The maximum atomic E-state index is 12.1. The zero-order valence-electron chi connectivity index (χ0n) is 12.1. The standard InChI is InChI=1S/C15H17N5OS/c21-15-7-13(18-14-1-4-17-20(14)15)11-2-5-19(6-3-11)8-12-9-22-10-16-12/h1,4,7,9-11,17H,2-3,5-6,8H2. The molecule has 0 radical (unpaired) electrons. The third-order valence-electron chi connectivity index (χ3n) is 4.28. The Morgan fingerprint density at radius 1 is 1.36 bits per heavy atom. The van der Waals surface area contributed by atoms with Gasteiger partial charge in [0.25, 0.3) is 5.56 Å². The van der Waals surface area contributed by atoms with E-state index in [0.29, 0.717) is 11.6 Å². The van der Waals surface area contributed by atoms with Crippen LogP contribution in [0.5, 0.6) is 0 Å². The predicted molar refractivity (Wildman–Crippen MR) is 85.2 cm³/mol. The van der Waals surface area contributed by atoms with Crippen LogP contribution >= 0.6 is 11.3 Å². The average molecular weight is 315 g/mol. The number of nitrogens with zero attached hydrogens (tertiary/aromatic N) is 4. The average Bonchev–Trinajstić information content (AvgIpc) is 3.19. The van der Waals surface area contributed by atoms with Crippen molar-refractivity contribution in [3.63, 3.8) is 0 Å². The number of aromatic nitrogens is 4. The molecular weight excluding hydrogens is 298 g/mol. The van der Waals surface area contributed by atoms with E-state index in [0.717, 1.165) is 43.9 Å². The number of aromatic amines is 1. The Hall–Kier alpha value is -1.99. The molecule has 0 unspecified atom stereocenters. The summed E-state index contributed by atoms with van der Waals surface area (Å²) in [5.41, 5.74) is 4.62. The summed E-state index contributed by atoms with van der Waals surface area (Å²) in [5, 5.41) is 4.98. The lowest BCUT2D eigenvalue weighted by atomic mass is 9.93. The maximum Gasteiger partial charge on any atom is 0.272 e. The van der Waals surface area contributed by atoms with Gasteiger partial charge in [-0.15, -0.1) is 11.3 Å². The Morgan fingerprint density at radius 2 is 2.23 bits per heavy atom. The van der Waals surface area contributed by atoms with Crippen molar-refractivity contribution in [2.75, 3.05) is 13.1 Å². The molecule has 114 valence electrons. The number of nitrogens with one attached hydrogen (secondary N) is 1. The molecule has 22 heavy (non-hydrogen) atoms. The summed E-state index contributed by atoms with van der Waals surface area (Å²) in [4.78, 5) is 23.4. The second-order valence-electron chi connectivity index (χ2n) is 5.71. The van der Waals surface area contributed by atoms with Crippen LogP contribution in [-0.4, -0.2) is 37.6 Å². The van der Waals surface area contributed by atoms with Crippen LogP contribution in [0, 0.1) is 0 Å². The SMILES string of the molecule is O=c1cc(C2CCN(Cc3cscn3)CC2)nc2cc[nH]n12. The van der Waals surface area contributed by atoms with E-state index in [9.17, 15) is 4.79 Å². The lowest BCUT2D eigenvalue weighted by Crippen LogP contribution is -2.33. The van der Waals surface area contributed by atoms with E-state index >= 15 is 0 Å². The van der Waals surface area contributed by atoms with E-state index in [1.54, 1.807) is 23.6 Å².